The van der Waals surface area contributed by atoms with Crippen LogP contribution >= 0.6 is 0 Å². The first-order valence-electron chi connectivity index (χ1n) is 17.9. The summed E-state index contributed by atoms with van der Waals surface area (Å²) >= 11 is 0. The first kappa shape index (κ1) is 31.4. The number of hydrogen-bond donors (Lipinski definition) is 0. The fourth-order valence-electron chi connectivity index (χ4n) is 8.45. The van der Waals surface area contributed by atoms with Gasteiger partial charge in [0, 0.05) is 75.4 Å². The van der Waals surface area contributed by atoms with E-state index >= 15 is 0 Å². The van der Waals surface area contributed by atoms with Crippen LogP contribution in [0.1, 0.15) is 41.5 Å². The van der Waals surface area contributed by atoms with E-state index < -0.39 is 0 Å². The Morgan fingerprint density at radius 3 is 1.13 bits per heavy atom. The summed E-state index contributed by atoms with van der Waals surface area (Å²) in [4.78, 5) is 67.2. The molecule has 0 atom stereocenters. The van der Waals surface area contributed by atoms with E-state index in [-0.39, 0.29) is 22.0 Å². The molecule has 0 unspecified atom stereocenters. The van der Waals surface area contributed by atoms with Crippen LogP contribution in [0.4, 0.5) is 0 Å². The Hall–Kier alpha value is -6.54. The van der Waals surface area contributed by atoms with Crippen molar-refractivity contribution in [3.8, 4) is 0 Å². The molecule has 8 aromatic carbocycles. The second-order valence-corrected chi connectivity index (χ2v) is 12.3. The van der Waals surface area contributed by atoms with E-state index in [9.17, 15) is 19.2 Å². The van der Waals surface area contributed by atoms with Crippen molar-refractivity contribution >= 4 is 109 Å². The molecule has 0 aliphatic carbocycles. The van der Waals surface area contributed by atoms with Crippen LogP contribution in [-0.4, -0.2) is 18.8 Å². The Bertz CT molecular complexity index is 3380. The van der Waals surface area contributed by atoms with Gasteiger partial charge in [-0.1, -0.05) is 65.8 Å². The maximum Gasteiger partial charge on any atom is 0.264 e. The third-order valence-electron chi connectivity index (χ3n) is 10.3. The van der Waals surface area contributed by atoms with Crippen LogP contribution in [0.15, 0.2) is 104 Å². The number of aromatic nitrogens is 4. The summed E-state index contributed by atoms with van der Waals surface area (Å²) < 4.78 is 3.20. The topological polar surface area (TPSA) is 103 Å². The largest absolute Gasteiger partial charge is 0.289 e. The number of imidazole rings is 2. The van der Waals surface area contributed by atoms with Crippen LogP contribution in [0, 0.1) is 0 Å². The molecule has 8 heteroatoms. The van der Waals surface area contributed by atoms with Crippen molar-refractivity contribution in [1.82, 2.24) is 18.8 Å². The smallest absolute Gasteiger partial charge is 0.264 e. The molecule has 12 rings (SSSR count). The minimum Gasteiger partial charge on any atom is -0.289 e. The molecule has 0 bridgehead atoms. The molecular formula is C44H32N4O4. The number of hydrogen-bond acceptors (Lipinski definition) is 6. The van der Waals surface area contributed by atoms with Crippen LogP contribution in [0.25, 0.3) is 109 Å². The Balaban J connectivity index is 0.000000574. The molecule has 52 heavy (non-hydrogen) atoms. The lowest BCUT2D eigenvalue weighted by Gasteiger charge is -2.19. The third kappa shape index (κ3) is 3.51. The summed E-state index contributed by atoms with van der Waals surface area (Å²) in [5, 5.41) is 7.43. The first-order chi connectivity index (χ1) is 25.5. The summed E-state index contributed by atoms with van der Waals surface area (Å²) in [6.45, 7) is 12.0. The Kier molecular flexibility index (Phi) is 6.64. The zero-order valence-corrected chi connectivity index (χ0v) is 29.5. The lowest BCUT2D eigenvalue weighted by molar-refractivity contribution is 1.19. The molecule has 0 amide bonds. The summed E-state index contributed by atoms with van der Waals surface area (Å²) in [6.07, 6.45) is 0. The van der Waals surface area contributed by atoms with Gasteiger partial charge in [-0.2, -0.15) is 0 Å². The Labute approximate surface area is 294 Å². The molecule has 0 N–H and O–H groups in total. The number of nitrogens with zero attached hydrogens (tertiary/aromatic N) is 4. The number of pyridine rings is 2. The van der Waals surface area contributed by atoms with E-state index in [2.05, 4.69) is 0 Å². The lowest BCUT2D eigenvalue weighted by atomic mass is 9.83. The first-order valence-corrected chi connectivity index (χ1v) is 17.9. The third-order valence-corrected chi connectivity index (χ3v) is 10.3. The highest BCUT2D eigenvalue weighted by Crippen LogP contribution is 2.45. The van der Waals surface area contributed by atoms with Crippen molar-refractivity contribution in [2.75, 3.05) is 0 Å². The highest BCUT2D eigenvalue weighted by Gasteiger charge is 2.28. The molecule has 4 heterocycles. The van der Waals surface area contributed by atoms with Crippen LogP contribution in [0.5, 0.6) is 0 Å². The average molecular weight is 681 g/mol. The second kappa shape index (κ2) is 11.0. The quantitative estimate of drug-likeness (QED) is 0.117. The standard InChI is InChI=1S/C38H14N4O4.3C2H6/c43-33-15-9-11-17-27-21(37(45)41-25-7-3-1-5-23(25)39-35(17)41)13-19-31(29(15)27)32-20(33)14-22-28-18(12-10-16(30(28)32)34(19)44)36-40-24-6-2-4-8-26(24)42(36)38(22)46;3*1-2/h1-14H;3*1-2H3. The van der Waals surface area contributed by atoms with Crippen molar-refractivity contribution in [1.29, 1.82) is 0 Å². The van der Waals surface area contributed by atoms with Crippen molar-refractivity contribution in [3.63, 3.8) is 0 Å². The van der Waals surface area contributed by atoms with Gasteiger partial charge < -0.3 is 0 Å². The minimum atomic E-state index is -0.289. The van der Waals surface area contributed by atoms with Gasteiger partial charge in [0.15, 0.2) is 10.9 Å². The molecule has 0 spiro atoms. The summed E-state index contributed by atoms with van der Waals surface area (Å²) in [5.41, 5.74) is 2.67. The molecule has 0 aliphatic heterocycles. The molecule has 4 aromatic heterocycles. The van der Waals surface area contributed by atoms with E-state index in [1.54, 1.807) is 33.1 Å². The van der Waals surface area contributed by atoms with Crippen LogP contribution in [0.2, 0.25) is 0 Å². The maximum atomic E-state index is 14.5. The van der Waals surface area contributed by atoms with Crippen LogP contribution < -0.4 is 22.0 Å². The van der Waals surface area contributed by atoms with E-state index in [1.807, 2.05) is 102 Å². The van der Waals surface area contributed by atoms with Gasteiger partial charge in [-0.3, -0.25) is 28.0 Å². The number of benzene rings is 8. The fourth-order valence-corrected chi connectivity index (χ4v) is 8.45. The van der Waals surface area contributed by atoms with Gasteiger partial charge in [0.25, 0.3) is 11.1 Å². The van der Waals surface area contributed by atoms with Gasteiger partial charge in [-0.15, -0.1) is 0 Å². The number of rotatable bonds is 0. The highest BCUT2D eigenvalue weighted by atomic mass is 16.1. The monoisotopic (exact) mass is 680 g/mol. The van der Waals surface area contributed by atoms with Crippen molar-refractivity contribution in [2.24, 2.45) is 0 Å². The molecule has 0 fully saturated rings. The van der Waals surface area contributed by atoms with E-state index in [0.717, 1.165) is 10.8 Å². The van der Waals surface area contributed by atoms with Gasteiger partial charge in [-0.05, 0) is 60.7 Å². The Morgan fingerprint density at radius 2 is 0.731 bits per heavy atom. The number of para-hydroxylation sites is 4. The minimum absolute atomic E-state index is 0.249. The van der Waals surface area contributed by atoms with Gasteiger partial charge in [-0.25, -0.2) is 9.97 Å². The summed E-state index contributed by atoms with van der Waals surface area (Å²) in [5.74, 6) is 0. The molecule has 0 saturated heterocycles. The van der Waals surface area contributed by atoms with Crippen LogP contribution in [0.3, 0.4) is 0 Å². The summed E-state index contributed by atoms with van der Waals surface area (Å²) in [6, 6.07) is 25.5. The zero-order valence-electron chi connectivity index (χ0n) is 29.5. The van der Waals surface area contributed by atoms with E-state index in [4.69, 9.17) is 9.97 Å². The van der Waals surface area contributed by atoms with E-state index in [1.165, 1.54) is 0 Å². The van der Waals surface area contributed by atoms with Gasteiger partial charge in [0.05, 0.1) is 22.1 Å². The predicted octanol–water partition coefficient (Wildman–Crippen LogP) is 9.07. The van der Waals surface area contributed by atoms with Crippen molar-refractivity contribution in [2.45, 2.75) is 41.5 Å². The normalized spacial score (nSPS) is 12.0. The highest BCUT2D eigenvalue weighted by molar-refractivity contribution is 6.43. The lowest BCUT2D eigenvalue weighted by Crippen LogP contribution is -2.18. The zero-order chi connectivity index (χ0) is 36.3. The molecule has 8 nitrogen and oxygen atoms in total. The molecular weight excluding hydrogens is 649 g/mol. The van der Waals surface area contributed by atoms with E-state index in [0.29, 0.717) is 98.0 Å². The van der Waals surface area contributed by atoms with Gasteiger partial charge >= 0.3 is 0 Å². The maximum absolute atomic E-state index is 14.5. The van der Waals surface area contributed by atoms with Crippen molar-refractivity contribution < 1.29 is 0 Å². The second-order valence-electron chi connectivity index (χ2n) is 12.3. The van der Waals surface area contributed by atoms with Gasteiger partial charge in [0.2, 0.25) is 0 Å². The predicted molar refractivity (Wildman–Crippen MR) is 217 cm³/mol. The Morgan fingerprint density at radius 1 is 0.385 bits per heavy atom. The fraction of sp³-hybridized carbons (Fsp3) is 0.136. The molecule has 0 aliphatic rings. The molecule has 0 saturated carbocycles. The molecule has 12 aromatic rings. The average Bonchev–Trinajstić information content (AvgIpc) is 3.79. The molecule has 0 radical (unpaired) electrons. The van der Waals surface area contributed by atoms with Crippen LogP contribution in [-0.2, 0) is 0 Å². The SMILES string of the molecule is CC.CC.CC.O=c1c2ccc3c4c(cc5c(=O)c6ccc7c8c(cc1c(c68)c5c24)c(=O)n1c2ccccc2nc71)c(=O)n1c2ccccc2nc31. The molecule has 252 valence electrons. The van der Waals surface area contributed by atoms with Crippen molar-refractivity contribution in [3.05, 3.63) is 126 Å². The van der Waals surface area contributed by atoms with Gasteiger partial charge in [0.1, 0.15) is 11.3 Å². The summed E-state index contributed by atoms with van der Waals surface area (Å²) in [7, 11) is 0. The number of fused-ring (bicyclic) bond motifs is 8.